The highest BCUT2D eigenvalue weighted by molar-refractivity contribution is 7.20. The zero-order valence-electron chi connectivity index (χ0n) is 34.6. The number of nitrogens with zero attached hydrogens (tertiary/aromatic N) is 2. The molecule has 0 bridgehead atoms. The maximum absolute atomic E-state index is 3.01. The van der Waals surface area contributed by atoms with Crippen LogP contribution in [-0.2, 0) is 0 Å². The molecule has 0 saturated carbocycles. The summed E-state index contributed by atoms with van der Waals surface area (Å²) in [5.41, 5.74) is 11.9. The molecule has 0 aliphatic rings. The molecule has 2 heterocycles. The van der Waals surface area contributed by atoms with Crippen molar-refractivity contribution in [1.29, 1.82) is 0 Å². The van der Waals surface area contributed by atoms with Crippen molar-refractivity contribution in [3.05, 3.63) is 255 Å². The Morgan fingerprint density at radius 1 is 0.286 bits per heavy atom. The lowest BCUT2D eigenvalue weighted by atomic mass is 10.0. The molecule has 63 heavy (non-hydrogen) atoms. The number of para-hydroxylation sites is 3. The molecule has 0 radical (unpaired) electrons. The van der Waals surface area contributed by atoms with Gasteiger partial charge in [0.2, 0.25) is 0 Å². The number of hydrogen-bond donors (Lipinski definition) is 0. The molecule has 0 fully saturated rings. The Labute approximate surface area is 368 Å². The van der Waals surface area contributed by atoms with Gasteiger partial charge in [-0.2, -0.15) is 0 Å². The SMILES string of the molecule is c1ccc(-c2ccc(-n3c4ccccc4c4cccc(-n5c6ccccc6c6cc(-c7ccccc7)c([Si](c7ccccc7)(c7ccccc7)c7ccccc7)cc65)c43)cc2)cc1. The first-order valence-corrected chi connectivity index (χ1v) is 23.8. The molecule has 0 amide bonds. The van der Waals surface area contributed by atoms with Gasteiger partial charge >= 0.3 is 0 Å². The Morgan fingerprint density at radius 3 is 1.30 bits per heavy atom. The third-order valence-electron chi connectivity index (χ3n) is 13.1. The zero-order valence-corrected chi connectivity index (χ0v) is 35.6. The van der Waals surface area contributed by atoms with E-state index < -0.39 is 8.07 Å². The average molecular weight is 819 g/mol. The van der Waals surface area contributed by atoms with E-state index in [1.54, 1.807) is 0 Å². The summed E-state index contributed by atoms with van der Waals surface area (Å²) >= 11 is 0. The van der Waals surface area contributed by atoms with Crippen molar-refractivity contribution < 1.29 is 0 Å². The van der Waals surface area contributed by atoms with Crippen molar-refractivity contribution >= 4 is 72.4 Å². The standard InChI is InChI=1S/C60H42N2Si/c1-6-21-43(22-7-1)44-37-39-46(40-38-44)61-55-34-18-16-31-50(55)52-33-20-36-57(60(52)61)62-56-35-19-17-32-51(56)54-41-53(45-23-8-2-9-24-45)59(42-58(54)62)63(47-25-10-3-11-26-47,48-27-12-4-13-28-48)49-29-14-5-15-30-49/h1-42H. The summed E-state index contributed by atoms with van der Waals surface area (Å²) < 4.78 is 5.03. The van der Waals surface area contributed by atoms with Crippen LogP contribution in [0.15, 0.2) is 255 Å². The molecule has 0 aliphatic carbocycles. The Hall–Kier alpha value is -7.98. The molecule has 12 aromatic rings. The van der Waals surface area contributed by atoms with Gasteiger partial charge in [0.25, 0.3) is 0 Å². The maximum Gasteiger partial charge on any atom is 0.180 e. The van der Waals surface area contributed by atoms with Gasteiger partial charge in [-0.1, -0.05) is 212 Å². The predicted octanol–water partition coefficient (Wildman–Crippen LogP) is 12.6. The van der Waals surface area contributed by atoms with E-state index >= 15 is 0 Å². The van der Waals surface area contributed by atoms with Crippen molar-refractivity contribution in [2.45, 2.75) is 0 Å². The van der Waals surface area contributed by atoms with Crippen molar-refractivity contribution in [1.82, 2.24) is 9.13 Å². The van der Waals surface area contributed by atoms with Gasteiger partial charge in [-0.25, -0.2) is 0 Å². The minimum atomic E-state index is -3.01. The molecular weight excluding hydrogens is 777 g/mol. The second kappa shape index (κ2) is 15.2. The third kappa shape index (κ3) is 5.85. The molecule has 2 nitrogen and oxygen atoms in total. The third-order valence-corrected chi connectivity index (χ3v) is 17.9. The zero-order chi connectivity index (χ0) is 41.7. The highest BCUT2D eigenvalue weighted by Gasteiger charge is 2.43. The van der Waals surface area contributed by atoms with Crippen LogP contribution in [0, 0.1) is 0 Å². The van der Waals surface area contributed by atoms with Crippen LogP contribution in [0.5, 0.6) is 0 Å². The van der Waals surface area contributed by atoms with Gasteiger partial charge < -0.3 is 9.13 Å². The topological polar surface area (TPSA) is 9.86 Å². The van der Waals surface area contributed by atoms with Gasteiger partial charge in [-0.05, 0) is 85.5 Å². The molecular formula is C60H42N2Si. The van der Waals surface area contributed by atoms with Crippen LogP contribution < -0.4 is 20.7 Å². The van der Waals surface area contributed by atoms with Crippen LogP contribution in [-0.4, -0.2) is 17.2 Å². The van der Waals surface area contributed by atoms with Crippen LogP contribution in [0.25, 0.3) is 77.2 Å². The van der Waals surface area contributed by atoms with E-state index in [1.807, 2.05) is 0 Å². The van der Waals surface area contributed by atoms with Crippen molar-refractivity contribution in [2.24, 2.45) is 0 Å². The first-order valence-electron chi connectivity index (χ1n) is 21.8. The number of fused-ring (bicyclic) bond motifs is 6. The van der Waals surface area contributed by atoms with Crippen molar-refractivity contribution in [3.63, 3.8) is 0 Å². The summed E-state index contributed by atoms with van der Waals surface area (Å²) in [5.74, 6) is 0. The van der Waals surface area contributed by atoms with Crippen LogP contribution >= 0.6 is 0 Å². The quantitative estimate of drug-likeness (QED) is 0.107. The molecule has 2 aromatic heterocycles. The molecule has 0 spiro atoms. The largest absolute Gasteiger partial charge is 0.307 e. The second-order valence-electron chi connectivity index (χ2n) is 16.4. The Kier molecular flexibility index (Phi) is 8.87. The molecule has 0 unspecified atom stereocenters. The van der Waals surface area contributed by atoms with Crippen LogP contribution in [0.3, 0.4) is 0 Å². The molecule has 0 aliphatic heterocycles. The average Bonchev–Trinajstić information content (AvgIpc) is 3.88. The highest BCUT2D eigenvalue weighted by atomic mass is 28.3. The normalized spacial score (nSPS) is 11.8. The smallest absolute Gasteiger partial charge is 0.180 e. The highest BCUT2D eigenvalue weighted by Crippen LogP contribution is 2.41. The lowest BCUT2D eigenvalue weighted by Gasteiger charge is -2.36. The summed E-state index contributed by atoms with van der Waals surface area (Å²) in [5, 5.41) is 10.3. The van der Waals surface area contributed by atoms with Crippen LogP contribution in [0.1, 0.15) is 0 Å². The molecule has 0 atom stereocenters. The van der Waals surface area contributed by atoms with Gasteiger partial charge in [0.05, 0.1) is 27.8 Å². The number of benzene rings is 10. The van der Waals surface area contributed by atoms with Crippen molar-refractivity contribution in [2.75, 3.05) is 0 Å². The Balaban J connectivity index is 1.23. The Morgan fingerprint density at radius 2 is 0.730 bits per heavy atom. The molecule has 0 saturated heterocycles. The van der Waals surface area contributed by atoms with E-state index in [0.29, 0.717) is 0 Å². The molecule has 10 aromatic carbocycles. The lowest BCUT2D eigenvalue weighted by Crippen LogP contribution is -2.75. The van der Waals surface area contributed by atoms with Crippen LogP contribution in [0.4, 0.5) is 0 Å². The van der Waals surface area contributed by atoms with E-state index in [4.69, 9.17) is 0 Å². The summed E-state index contributed by atoms with van der Waals surface area (Å²) in [4.78, 5) is 0. The van der Waals surface area contributed by atoms with E-state index in [1.165, 1.54) is 86.6 Å². The summed E-state index contributed by atoms with van der Waals surface area (Å²) in [6.45, 7) is 0. The number of aromatic nitrogens is 2. The fourth-order valence-electron chi connectivity index (χ4n) is 10.4. The minimum Gasteiger partial charge on any atom is -0.307 e. The van der Waals surface area contributed by atoms with Gasteiger partial charge in [0.15, 0.2) is 8.07 Å². The summed E-state index contributed by atoms with van der Waals surface area (Å²) in [6.07, 6.45) is 0. The van der Waals surface area contributed by atoms with E-state index in [0.717, 1.165) is 11.4 Å². The molecule has 12 rings (SSSR count). The van der Waals surface area contributed by atoms with Gasteiger partial charge in [-0.3, -0.25) is 0 Å². The summed E-state index contributed by atoms with van der Waals surface area (Å²) in [7, 11) is -3.01. The van der Waals surface area contributed by atoms with Crippen LogP contribution in [0.2, 0.25) is 0 Å². The van der Waals surface area contributed by atoms with E-state index in [2.05, 4.69) is 264 Å². The van der Waals surface area contributed by atoms with E-state index in [9.17, 15) is 0 Å². The lowest BCUT2D eigenvalue weighted by molar-refractivity contribution is 1.13. The van der Waals surface area contributed by atoms with Crippen molar-refractivity contribution in [3.8, 4) is 33.6 Å². The monoisotopic (exact) mass is 818 g/mol. The van der Waals surface area contributed by atoms with Gasteiger partial charge in [0, 0.05) is 27.2 Å². The van der Waals surface area contributed by atoms with Gasteiger partial charge in [0.1, 0.15) is 0 Å². The molecule has 296 valence electrons. The van der Waals surface area contributed by atoms with Gasteiger partial charge in [-0.15, -0.1) is 0 Å². The summed E-state index contributed by atoms with van der Waals surface area (Å²) in [6, 6.07) is 94.4. The minimum absolute atomic E-state index is 1.13. The fourth-order valence-corrected chi connectivity index (χ4v) is 15.3. The predicted molar refractivity (Wildman–Crippen MR) is 270 cm³/mol. The molecule has 3 heteroatoms. The Bertz CT molecular complexity index is 3480. The van der Waals surface area contributed by atoms with E-state index in [-0.39, 0.29) is 0 Å². The maximum atomic E-state index is 2.58. The number of hydrogen-bond acceptors (Lipinski definition) is 0. The second-order valence-corrected chi connectivity index (χ2v) is 20.2. The number of rotatable bonds is 8. The molecule has 0 N–H and O–H groups in total. The fraction of sp³-hybridized carbons (Fsp3) is 0. The first-order chi connectivity index (χ1) is 31.3. The first kappa shape index (κ1) is 36.8.